The van der Waals surface area contributed by atoms with E-state index in [2.05, 4.69) is 23.1 Å². The number of ketones is 1. The molecule has 1 aromatic rings. The van der Waals surface area contributed by atoms with Gasteiger partial charge in [0, 0.05) is 25.0 Å². The lowest BCUT2D eigenvalue weighted by Crippen LogP contribution is -2.49. The molecule has 0 radical (unpaired) electrons. The van der Waals surface area contributed by atoms with Crippen molar-refractivity contribution in [2.75, 3.05) is 25.6 Å². The van der Waals surface area contributed by atoms with Crippen LogP contribution in [0, 0.1) is 17.8 Å². The molecule has 20 nitrogen and oxygen atoms in total. The molecule has 2 bridgehead atoms. The zero-order valence-corrected chi connectivity index (χ0v) is 45.0. The van der Waals surface area contributed by atoms with Crippen LogP contribution in [-0.2, 0) is 51.1 Å². The number of phosphoric ester groups is 2. The van der Waals surface area contributed by atoms with Crippen molar-refractivity contribution in [2.24, 2.45) is 17.8 Å². The molecule has 3 heterocycles. The van der Waals surface area contributed by atoms with Gasteiger partial charge in [-0.3, -0.25) is 28.0 Å². The third kappa shape index (κ3) is 26.8. The van der Waals surface area contributed by atoms with Crippen molar-refractivity contribution in [3.05, 3.63) is 59.2 Å². The summed E-state index contributed by atoms with van der Waals surface area (Å²) in [4.78, 5) is 78.0. The SMILES string of the molecule is CCCCC[C@H](O)C=C[C@H]1C(=O)/C=C\[C@@H]2C/C=C\CCCC(=O)OC[C@@H](OC(=O)CCCCCCCCCCCCCCCC(C)C)COP(=O)(O)OP(=O)(O)OC[C@@H](O[C@H]2n2ccc(N)nc2=O)[C@@H](O)[C@H]1O. The van der Waals surface area contributed by atoms with Crippen LogP contribution in [0.15, 0.2) is 53.5 Å². The van der Waals surface area contributed by atoms with E-state index in [9.17, 15) is 53.4 Å². The van der Waals surface area contributed by atoms with Crippen molar-refractivity contribution in [2.45, 2.75) is 205 Å². The number of fused-ring (bicyclic) bond motifs is 3. The molecule has 416 valence electrons. The van der Waals surface area contributed by atoms with Crippen LogP contribution in [0.2, 0.25) is 0 Å². The molecule has 73 heavy (non-hydrogen) atoms. The van der Waals surface area contributed by atoms with Crippen LogP contribution in [0.25, 0.3) is 0 Å². The molecule has 22 heteroatoms. The fraction of sp³-hybridized carbons (Fsp3) is 0.745. The summed E-state index contributed by atoms with van der Waals surface area (Å²) in [5, 5.41) is 33.9. The highest BCUT2D eigenvalue weighted by atomic mass is 31.3. The van der Waals surface area contributed by atoms with Crippen LogP contribution >= 0.6 is 15.6 Å². The van der Waals surface area contributed by atoms with Gasteiger partial charge in [0.15, 0.2) is 11.9 Å². The molecular formula is C51H85N3O17P2. The fourth-order valence-electron chi connectivity index (χ4n) is 8.41. The van der Waals surface area contributed by atoms with Crippen molar-refractivity contribution in [3.63, 3.8) is 0 Å². The number of carbonyl (C=O) groups is 3. The zero-order chi connectivity index (χ0) is 53.7. The van der Waals surface area contributed by atoms with Crippen molar-refractivity contribution in [3.8, 4) is 0 Å². The first-order valence-electron chi connectivity index (χ1n) is 26.4. The van der Waals surface area contributed by atoms with Crippen LogP contribution in [0.3, 0.4) is 0 Å². The first-order valence-corrected chi connectivity index (χ1v) is 29.4. The van der Waals surface area contributed by atoms with Gasteiger partial charge in [-0.15, -0.1) is 0 Å². The molecule has 0 fully saturated rings. The Balaban J connectivity index is 1.75. The number of esters is 2. The second-order valence-electron chi connectivity index (χ2n) is 19.5. The van der Waals surface area contributed by atoms with Crippen LogP contribution in [0.1, 0.15) is 175 Å². The average Bonchev–Trinajstić information content (AvgIpc) is 3.32. The number of carbonyl (C=O) groups excluding carboxylic acids is 3. The number of allylic oxidation sites excluding steroid dienone is 3. The maximum Gasteiger partial charge on any atom is 0.481 e. The lowest BCUT2D eigenvalue weighted by atomic mass is 9.88. The summed E-state index contributed by atoms with van der Waals surface area (Å²) in [5.41, 5.74) is 4.84. The Morgan fingerprint density at radius 3 is 2.11 bits per heavy atom. The Kier molecular flexibility index (Phi) is 30.7. The van der Waals surface area contributed by atoms with E-state index < -0.39 is 107 Å². The number of rotatable bonds is 24. The zero-order valence-electron chi connectivity index (χ0n) is 43.2. The summed E-state index contributed by atoms with van der Waals surface area (Å²) < 4.78 is 59.2. The topological polar surface area (TPSA) is 303 Å². The van der Waals surface area contributed by atoms with Crippen molar-refractivity contribution in [1.82, 2.24) is 9.55 Å². The number of cyclic esters (lactones) is 1. The molecule has 0 amide bonds. The number of aromatic nitrogens is 2. The van der Waals surface area contributed by atoms with Gasteiger partial charge in [0.2, 0.25) is 0 Å². The van der Waals surface area contributed by atoms with Gasteiger partial charge >= 0.3 is 33.3 Å². The normalized spacial score (nSPS) is 28.8. The minimum atomic E-state index is -5.68. The van der Waals surface area contributed by atoms with Gasteiger partial charge in [-0.2, -0.15) is 9.29 Å². The van der Waals surface area contributed by atoms with Gasteiger partial charge in [0.1, 0.15) is 30.9 Å². The maximum absolute atomic E-state index is 13.8. The van der Waals surface area contributed by atoms with Gasteiger partial charge in [0.25, 0.3) is 0 Å². The number of unbranched alkanes of at least 4 members (excludes halogenated alkanes) is 14. The van der Waals surface area contributed by atoms with Crippen LogP contribution < -0.4 is 11.4 Å². The van der Waals surface area contributed by atoms with Gasteiger partial charge in [0.05, 0.1) is 31.3 Å². The Morgan fingerprint density at radius 2 is 1.48 bits per heavy atom. The van der Waals surface area contributed by atoms with E-state index in [1.807, 2.05) is 6.92 Å². The monoisotopic (exact) mass is 1070 g/mol. The molecule has 2 unspecified atom stereocenters. The number of nitrogen functional groups attached to an aromatic ring is 1. The summed E-state index contributed by atoms with van der Waals surface area (Å²) in [6.45, 7) is 3.87. The van der Waals surface area contributed by atoms with E-state index in [1.165, 1.54) is 88.3 Å². The summed E-state index contributed by atoms with van der Waals surface area (Å²) >= 11 is 0. The highest BCUT2D eigenvalue weighted by molar-refractivity contribution is 7.61. The van der Waals surface area contributed by atoms with Crippen LogP contribution in [-0.4, -0.2) is 103 Å². The van der Waals surface area contributed by atoms with Crippen molar-refractivity contribution in [1.29, 1.82) is 0 Å². The van der Waals surface area contributed by atoms with Crippen molar-refractivity contribution >= 4 is 39.2 Å². The van der Waals surface area contributed by atoms with Crippen molar-refractivity contribution < 1.29 is 76.2 Å². The molecule has 0 saturated heterocycles. The maximum atomic E-state index is 13.8. The summed E-state index contributed by atoms with van der Waals surface area (Å²) in [6, 6.07) is 1.28. The third-order valence-electron chi connectivity index (χ3n) is 12.6. The summed E-state index contributed by atoms with van der Waals surface area (Å²) in [6.07, 6.45) is 19.1. The molecule has 1 aromatic heterocycles. The lowest BCUT2D eigenvalue weighted by Gasteiger charge is -2.36. The minimum absolute atomic E-state index is 0.0118. The molecule has 0 saturated carbocycles. The van der Waals surface area contributed by atoms with E-state index in [1.54, 1.807) is 12.2 Å². The van der Waals surface area contributed by atoms with Gasteiger partial charge in [-0.1, -0.05) is 154 Å². The number of nitrogens with zero attached hydrogens (tertiary/aromatic N) is 2. The number of hydrogen-bond acceptors (Lipinski definition) is 17. The first-order chi connectivity index (χ1) is 34.8. The molecule has 0 aromatic carbocycles. The lowest BCUT2D eigenvalue weighted by molar-refractivity contribution is -0.167. The van der Waals surface area contributed by atoms with Gasteiger partial charge in [-0.25, -0.2) is 13.9 Å². The predicted molar refractivity (Wildman–Crippen MR) is 274 cm³/mol. The standard InChI is InChI=1S/C51H85N3O17P2/c1-4-5-19-26-40(55)30-31-42-43(56)32-29-39-25-21-17-18-22-27-46(57)66-35-41(69-47(58)28-23-16-14-12-10-8-6-7-9-11-13-15-20-24-38(2)3)36-67-72(62,63)71-73(64,65)68-37-44(49(60)48(42)59)70-50(39)54-34-33-45(52)53-51(54)61/h17,21,29-34,38-42,44,48-50,55,59-60H,4-16,18-20,22-28,35-37H2,1-3H3,(H,62,63)(H,64,65)(H2,52,53,61)/b21-17-,31-30?,32-29-/t39-,40-,41+,42-,44+,48-,49+,50+/m0/s1. The number of phosphoric acid groups is 2. The van der Waals surface area contributed by atoms with Gasteiger partial charge in [-0.05, 0) is 50.2 Å². The fourth-order valence-corrected chi connectivity index (χ4v) is 10.5. The van der Waals surface area contributed by atoms with E-state index in [0.717, 1.165) is 55.1 Å². The molecule has 0 aliphatic carbocycles. The Labute approximate surface area is 431 Å². The smallest absolute Gasteiger partial charge is 0.462 e. The van der Waals surface area contributed by atoms with E-state index in [-0.39, 0.29) is 25.1 Å². The summed E-state index contributed by atoms with van der Waals surface area (Å²) in [5.74, 6) is -3.90. The van der Waals surface area contributed by atoms with E-state index >= 15 is 0 Å². The Bertz CT molecular complexity index is 2030. The van der Waals surface area contributed by atoms with Crippen LogP contribution in [0.5, 0.6) is 0 Å². The number of anilines is 1. The Hall–Kier alpha value is -3.39. The highest BCUT2D eigenvalue weighted by Gasteiger charge is 2.42. The molecule has 7 N–H and O–H groups in total. The number of aliphatic hydroxyl groups excluding tert-OH is 3. The molecule has 2 aliphatic heterocycles. The summed E-state index contributed by atoms with van der Waals surface area (Å²) in [7, 11) is -11.2. The Morgan fingerprint density at radius 1 is 0.863 bits per heavy atom. The first kappa shape index (κ1) is 63.9. The average molecular weight is 1070 g/mol. The number of hydrogen-bond donors (Lipinski definition) is 6. The second-order valence-corrected chi connectivity index (χ2v) is 22.6. The predicted octanol–water partition coefficient (Wildman–Crippen LogP) is 8.64. The number of nitrogens with two attached hydrogens (primary N) is 1. The quantitative estimate of drug-likeness (QED) is 0.0244. The molecule has 2 aliphatic rings. The van der Waals surface area contributed by atoms with Gasteiger partial charge < -0.3 is 45.1 Å². The second kappa shape index (κ2) is 35.0. The molecule has 0 spiro atoms. The molecule has 3 rings (SSSR count). The number of aliphatic hydroxyl groups is 3. The number of ether oxygens (including phenoxy) is 3. The van der Waals surface area contributed by atoms with E-state index in [0.29, 0.717) is 32.1 Å². The minimum Gasteiger partial charge on any atom is -0.462 e. The highest BCUT2D eigenvalue weighted by Crippen LogP contribution is 2.60. The third-order valence-corrected chi connectivity index (χ3v) is 15.2. The van der Waals surface area contributed by atoms with E-state index in [4.69, 9.17) is 29.0 Å². The molecular weight excluding hydrogens is 989 g/mol. The molecule has 10 atom stereocenters. The largest absolute Gasteiger partial charge is 0.481 e. The van der Waals surface area contributed by atoms with Crippen LogP contribution in [0.4, 0.5) is 5.82 Å².